The first-order chi connectivity index (χ1) is 10.3. The van der Waals surface area contributed by atoms with E-state index in [-0.39, 0.29) is 0 Å². The molecule has 0 spiro atoms. The van der Waals surface area contributed by atoms with E-state index in [4.69, 9.17) is 5.73 Å². The molecular formula is C15H16F3N3S. The number of likely N-dealkylation sites (N-methyl/N-ethyl adjacent to an activating group) is 1. The highest BCUT2D eigenvalue weighted by Crippen LogP contribution is 2.40. The molecule has 1 aliphatic rings. The topological polar surface area (TPSA) is 50.9 Å². The maximum atomic E-state index is 13.0. The van der Waals surface area contributed by atoms with Crippen molar-refractivity contribution in [3.05, 3.63) is 46.0 Å². The van der Waals surface area contributed by atoms with Crippen LogP contribution in [0.1, 0.15) is 28.1 Å². The summed E-state index contributed by atoms with van der Waals surface area (Å²) in [5, 5.41) is 3.75. The molecule has 3 N–H and O–H groups in total. The van der Waals surface area contributed by atoms with Gasteiger partial charge in [-0.1, -0.05) is 12.1 Å². The third-order valence-electron chi connectivity index (χ3n) is 4.27. The lowest BCUT2D eigenvalue weighted by Crippen LogP contribution is -2.44. The number of nitrogen functional groups attached to an aromatic ring is 1. The Labute approximate surface area is 130 Å². The van der Waals surface area contributed by atoms with Crippen molar-refractivity contribution in [3.63, 3.8) is 0 Å². The highest BCUT2D eigenvalue weighted by atomic mass is 32.1. The van der Waals surface area contributed by atoms with E-state index in [2.05, 4.69) is 10.3 Å². The standard InChI is InChI=1S/C15H16F3N3S/c1-20-14(6-5-11-12(8-14)22-13(19)21-11)9-3-2-4-10(7-9)15(16,17)18/h2-4,7,20H,5-6,8H2,1H3,(H2,19,21). The van der Waals surface area contributed by atoms with Gasteiger partial charge in [0.15, 0.2) is 5.13 Å². The van der Waals surface area contributed by atoms with Crippen molar-refractivity contribution in [3.8, 4) is 0 Å². The van der Waals surface area contributed by atoms with Crippen LogP contribution >= 0.6 is 11.3 Å². The molecule has 1 aliphatic carbocycles. The molecule has 1 heterocycles. The van der Waals surface area contributed by atoms with Gasteiger partial charge in [0.1, 0.15) is 0 Å². The van der Waals surface area contributed by atoms with Crippen LogP contribution in [0.3, 0.4) is 0 Å². The molecule has 1 atom stereocenters. The number of aromatic nitrogens is 1. The molecule has 7 heteroatoms. The van der Waals surface area contributed by atoms with Crippen molar-refractivity contribution < 1.29 is 13.2 Å². The first-order valence-electron chi connectivity index (χ1n) is 6.95. The van der Waals surface area contributed by atoms with Crippen molar-refractivity contribution >= 4 is 16.5 Å². The lowest BCUT2D eigenvalue weighted by molar-refractivity contribution is -0.137. The van der Waals surface area contributed by atoms with Crippen LogP contribution in [0.15, 0.2) is 24.3 Å². The fourth-order valence-electron chi connectivity index (χ4n) is 3.03. The van der Waals surface area contributed by atoms with Gasteiger partial charge in [0.25, 0.3) is 0 Å². The van der Waals surface area contributed by atoms with Crippen molar-refractivity contribution in [1.29, 1.82) is 0 Å². The molecule has 22 heavy (non-hydrogen) atoms. The molecule has 3 nitrogen and oxygen atoms in total. The number of hydrogen-bond donors (Lipinski definition) is 2. The quantitative estimate of drug-likeness (QED) is 0.889. The molecule has 1 unspecified atom stereocenters. The van der Waals surface area contributed by atoms with Gasteiger partial charge in [0.05, 0.1) is 11.3 Å². The van der Waals surface area contributed by atoms with Gasteiger partial charge in [0, 0.05) is 16.8 Å². The van der Waals surface area contributed by atoms with Crippen LogP contribution in [-0.2, 0) is 24.6 Å². The monoisotopic (exact) mass is 327 g/mol. The Morgan fingerprint density at radius 3 is 2.82 bits per heavy atom. The average molecular weight is 327 g/mol. The van der Waals surface area contributed by atoms with Crippen LogP contribution in [0.5, 0.6) is 0 Å². The molecule has 1 aromatic carbocycles. The largest absolute Gasteiger partial charge is 0.416 e. The van der Waals surface area contributed by atoms with E-state index < -0.39 is 17.3 Å². The maximum absolute atomic E-state index is 13.0. The molecule has 0 amide bonds. The summed E-state index contributed by atoms with van der Waals surface area (Å²) >= 11 is 1.42. The summed E-state index contributed by atoms with van der Waals surface area (Å²) in [6.45, 7) is 0. The van der Waals surface area contributed by atoms with Crippen LogP contribution in [0.25, 0.3) is 0 Å². The number of alkyl halides is 3. The van der Waals surface area contributed by atoms with Crippen molar-refractivity contribution in [2.75, 3.05) is 12.8 Å². The maximum Gasteiger partial charge on any atom is 0.416 e. The fourth-order valence-corrected chi connectivity index (χ4v) is 4.02. The second-order valence-corrected chi connectivity index (χ2v) is 6.62. The molecule has 0 saturated heterocycles. The highest BCUT2D eigenvalue weighted by molar-refractivity contribution is 7.15. The number of nitrogens with zero attached hydrogens (tertiary/aromatic N) is 1. The lowest BCUT2D eigenvalue weighted by Gasteiger charge is -2.37. The number of nitrogens with one attached hydrogen (secondary N) is 1. The molecule has 1 aromatic heterocycles. The van der Waals surface area contributed by atoms with Crippen molar-refractivity contribution in [1.82, 2.24) is 10.3 Å². The number of nitrogens with two attached hydrogens (primary N) is 1. The van der Waals surface area contributed by atoms with Crippen LogP contribution < -0.4 is 11.1 Å². The first kappa shape index (κ1) is 15.3. The molecule has 0 aliphatic heterocycles. The van der Waals surface area contributed by atoms with E-state index in [1.54, 1.807) is 13.1 Å². The number of hydrogen-bond acceptors (Lipinski definition) is 4. The fraction of sp³-hybridized carbons (Fsp3) is 0.400. The van der Waals surface area contributed by atoms with Gasteiger partial charge in [-0.3, -0.25) is 0 Å². The summed E-state index contributed by atoms with van der Waals surface area (Å²) in [7, 11) is 1.79. The molecule has 0 bridgehead atoms. The van der Waals surface area contributed by atoms with E-state index in [0.29, 0.717) is 30.0 Å². The summed E-state index contributed by atoms with van der Waals surface area (Å²) in [6, 6.07) is 5.56. The van der Waals surface area contributed by atoms with Gasteiger partial charge in [-0.05, 0) is 37.6 Å². The number of anilines is 1. The van der Waals surface area contributed by atoms with Gasteiger partial charge >= 0.3 is 6.18 Å². The Hall–Kier alpha value is -1.60. The summed E-state index contributed by atoms with van der Waals surface area (Å²) in [5.41, 5.74) is 6.25. The summed E-state index contributed by atoms with van der Waals surface area (Å²) < 4.78 is 38.9. The van der Waals surface area contributed by atoms with Gasteiger partial charge in [-0.2, -0.15) is 13.2 Å². The predicted molar refractivity (Wildman–Crippen MR) is 80.7 cm³/mol. The number of benzene rings is 1. The Bertz CT molecular complexity index is 696. The van der Waals surface area contributed by atoms with Gasteiger partial charge < -0.3 is 11.1 Å². The minimum absolute atomic E-state index is 0.507. The third kappa shape index (κ3) is 2.59. The van der Waals surface area contributed by atoms with Crippen molar-refractivity contribution in [2.24, 2.45) is 0 Å². The summed E-state index contributed by atoms with van der Waals surface area (Å²) in [5.74, 6) is 0. The van der Waals surface area contributed by atoms with Crippen molar-refractivity contribution in [2.45, 2.75) is 31.0 Å². The lowest BCUT2D eigenvalue weighted by atomic mass is 9.77. The van der Waals surface area contributed by atoms with Gasteiger partial charge in [-0.25, -0.2) is 4.98 Å². The van der Waals surface area contributed by atoms with E-state index in [9.17, 15) is 13.2 Å². The van der Waals surface area contributed by atoms with E-state index in [0.717, 1.165) is 16.6 Å². The van der Waals surface area contributed by atoms with Crippen LogP contribution in [0, 0.1) is 0 Å². The second kappa shape index (κ2) is 5.24. The molecule has 2 aromatic rings. The van der Waals surface area contributed by atoms with Gasteiger partial charge in [0.2, 0.25) is 0 Å². The SMILES string of the molecule is CNC1(c2cccc(C(F)(F)F)c2)CCc2nc(N)sc2C1. The van der Waals surface area contributed by atoms with E-state index >= 15 is 0 Å². The molecule has 0 radical (unpaired) electrons. The van der Waals surface area contributed by atoms with Gasteiger partial charge in [-0.15, -0.1) is 11.3 Å². The van der Waals surface area contributed by atoms with E-state index in [1.165, 1.54) is 23.5 Å². The van der Waals surface area contributed by atoms with Crippen LogP contribution in [0.2, 0.25) is 0 Å². The Morgan fingerprint density at radius 1 is 1.36 bits per heavy atom. The molecule has 118 valence electrons. The summed E-state index contributed by atoms with van der Waals surface area (Å²) in [4.78, 5) is 5.34. The van der Waals surface area contributed by atoms with Crippen LogP contribution in [0.4, 0.5) is 18.3 Å². The number of fused-ring (bicyclic) bond motifs is 1. The summed E-state index contributed by atoms with van der Waals surface area (Å²) in [6.07, 6.45) is -2.32. The zero-order chi connectivity index (χ0) is 16.0. The average Bonchev–Trinajstić information content (AvgIpc) is 2.85. The Kier molecular flexibility index (Phi) is 3.65. The minimum atomic E-state index is -4.33. The Morgan fingerprint density at radius 2 is 2.14 bits per heavy atom. The number of halogens is 3. The molecular weight excluding hydrogens is 311 g/mol. The smallest absolute Gasteiger partial charge is 0.375 e. The first-order valence-corrected chi connectivity index (χ1v) is 7.76. The molecule has 3 rings (SSSR count). The molecule has 0 saturated carbocycles. The Balaban J connectivity index is 2.01. The zero-order valence-corrected chi connectivity index (χ0v) is 12.8. The number of aryl methyl sites for hydroxylation is 1. The second-order valence-electron chi connectivity index (χ2n) is 5.51. The van der Waals surface area contributed by atoms with E-state index in [1.807, 2.05) is 0 Å². The number of thiazole rings is 1. The molecule has 0 fully saturated rings. The zero-order valence-electron chi connectivity index (χ0n) is 12.0. The highest BCUT2D eigenvalue weighted by Gasteiger charge is 2.38. The van der Waals surface area contributed by atoms with Crippen LogP contribution in [-0.4, -0.2) is 12.0 Å². The third-order valence-corrected chi connectivity index (χ3v) is 5.19. The normalized spacial score (nSPS) is 21.6. The predicted octanol–water partition coefficient (Wildman–Crippen LogP) is 3.35. The number of rotatable bonds is 2. The minimum Gasteiger partial charge on any atom is -0.375 e.